The average Bonchev–Trinajstić information content (AvgIpc) is 3.73. The first-order valence-corrected chi connectivity index (χ1v) is 16.7. The van der Waals surface area contributed by atoms with E-state index in [1.165, 1.54) is 11.1 Å². The SMILES string of the molecule is c1ccc(-c2ccc(-c3ccc4c5ccccc5n(-c5nc(-c6ccccc6)nc(-c6ccc7oc8ccccc8c7c6)n5)c4c3)cc2)cc1. The number of nitrogens with zero attached hydrogens (tertiary/aromatic N) is 4. The largest absolute Gasteiger partial charge is 0.456 e. The van der Waals surface area contributed by atoms with Gasteiger partial charge in [-0.2, -0.15) is 9.97 Å². The molecule has 0 radical (unpaired) electrons. The minimum atomic E-state index is 0.564. The summed E-state index contributed by atoms with van der Waals surface area (Å²) in [6.45, 7) is 0. The first-order valence-electron chi connectivity index (χ1n) is 16.7. The Balaban J connectivity index is 1.18. The van der Waals surface area contributed by atoms with Gasteiger partial charge in [0.1, 0.15) is 11.2 Å². The van der Waals surface area contributed by atoms with Crippen molar-refractivity contribution in [3.8, 4) is 51.0 Å². The highest BCUT2D eigenvalue weighted by atomic mass is 16.3. The van der Waals surface area contributed by atoms with Gasteiger partial charge in [-0.05, 0) is 58.7 Å². The van der Waals surface area contributed by atoms with Gasteiger partial charge in [0.05, 0.1) is 11.0 Å². The Kier molecular flexibility index (Phi) is 6.42. The molecule has 50 heavy (non-hydrogen) atoms. The Morgan fingerprint density at radius 3 is 1.66 bits per heavy atom. The van der Waals surface area contributed by atoms with Crippen LogP contribution in [-0.2, 0) is 0 Å². The molecular formula is C45H28N4O. The highest BCUT2D eigenvalue weighted by molar-refractivity contribution is 6.10. The van der Waals surface area contributed by atoms with E-state index in [1.54, 1.807) is 0 Å². The van der Waals surface area contributed by atoms with Gasteiger partial charge in [0, 0.05) is 32.7 Å². The van der Waals surface area contributed by atoms with Gasteiger partial charge in [-0.25, -0.2) is 4.98 Å². The normalized spacial score (nSPS) is 11.6. The van der Waals surface area contributed by atoms with Crippen LogP contribution in [0.15, 0.2) is 174 Å². The molecule has 0 atom stereocenters. The van der Waals surface area contributed by atoms with Crippen LogP contribution in [0.4, 0.5) is 0 Å². The maximum atomic E-state index is 6.13. The Morgan fingerprint density at radius 2 is 0.880 bits per heavy atom. The fourth-order valence-corrected chi connectivity index (χ4v) is 7.03. The number of hydrogen-bond acceptors (Lipinski definition) is 4. The van der Waals surface area contributed by atoms with E-state index in [2.05, 4.69) is 108 Å². The molecule has 10 aromatic rings. The minimum absolute atomic E-state index is 0.564. The Morgan fingerprint density at radius 1 is 0.340 bits per heavy atom. The van der Waals surface area contributed by atoms with Crippen molar-refractivity contribution in [1.29, 1.82) is 0 Å². The summed E-state index contributed by atoms with van der Waals surface area (Å²) in [7, 11) is 0. The van der Waals surface area contributed by atoms with Crippen LogP contribution in [0.5, 0.6) is 0 Å². The lowest BCUT2D eigenvalue weighted by Crippen LogP contribution is -2.06. The summed E-state index contributed by atoms with van der Waals surface area (Å²) < 4.78 is 8.31. The van der Waals surface area contributed by atoms with Gasteiger partial charge < -0.3 is 4.42 Å². The second-order valence-electron chi connectivity index (χ2n) is 12.5. The number of benzene rings is 7. The number of aromatic nitrogens is 4. The van der Waals surface area contributed by atoms with Crippen LogP contribution in [0.2, 0.25) is 0 Å². The molecule has 10 rings (SSSR count). The molecule has 0 N–H and O–H groups in total. The van der Waals surface area contributed by atoms with E-state index < -0.39 is 0 Å². The van der Waals surface area contributed by atoms with Gasteiger partial charge in [0.2, 0.25) is 5.95 Å². The summed E-state index contributed by atoms with van der Waals surface area (Å²) >= 11 is 0. The number of fused-ring (bicyclic) bond motifs is 6. The topological polar surface area (TPSA) is 56.7 Å². The van der Waals surface area contributed by atoms with Crippen LogP contribution in [0.1, 0.15) is 0 Å². The monoisotopic (exact) mass is 640 g/mol. The van der Waals surface area contributed by atoms with Gasteiger partial charge in [-0.15, -0.1) is 0 Å². The molecule has 0 fully saturated rings. The van der Waals surface area contributed by atoms with Crippen molar-refractivity contribution >= 4 is 43.7 Å². The van der Waals surface area contributed by atoms with Crippen LogP contribution in [0.25, 0.3) is 94.7 Å². The molecule has 3 heterocycles. The molecule has 0 aliphatic heterocycles. The second kappa shape index (κ2) is 11.4. The van der Waals surface area contributed by atoms with E-state index in [-0.39, 0.29) is 0 Å². The van der Waals surface area contributed by atoms with E-state index >= 15 is 0 Å². The van der Waals surface area contributed by atoms with E-state index in [4.69, 9.17) is 19.4 Å². The zero-order chi connectivity index (χ0) is 33.0. The molecule has 5 nitrogen and oxygen atoms in total. The van der Waals surface area contributed by atoms with Crippen molar-refractivity contribution in [3.05, 3.63) is 170 Å². The van der Waals surface area contributed by atoms with Crippen molar-refractivity contribution in [2.75, 3.05) is 0 Å². The standard InChI is InChI=1S/C45H28N4O/c1-3-11-29(12-4-1)30-19-21-31(22-20-30)33-23-25-36-35-15-7-9-17-39(35)49(40(36)28-33)45-47-43(32-13-5-2-6-14-32)46-44(48-45)34-24-26-42-38(27-34)37-16-8-10-18-41(37)50-42/h1-28H. The van der Waals surface area contributed by atoms with Gasteiger partial charge >= 0.3 is 0 Å². The van der Waals surface area contributed by atoms with Crippen molar-refractivity contribution in [3.63, 3.8) is 0 Å². The molecule has 234 valence electrons. The highest BCUT2D eigenvalue weighted by Gasteiger charge is 2.19. The van der Waals surface area contributed by atoms with Crippen molar-refractivity contribution < 1.29 is 4.42 Å². The first kappa shape index (κ1) is 28.2. The molecular weight excluding hydrogens is 613 g/mol. The second-order valence-corrected chi connectivity index (χ2v) is 12.5. The number of furan rings is 1. The lowest BCUT2D eigenvalue weighted by Gasteiger charge is -2.11. The molecule has 0 aliphatic rings. The molecule has 5 heteroatoms. The smallest absolute Gasteiger partial charge is 0.238 e. The quantitative estimate of drug-likeness (QED) is 0.188. The summed E-state index contributed by atoms with van der Waals surface area (Å²) in [5.74, 6) is 1.77. The molecule has 0 unspecified atom stereocenters. The van der Waals surface area contributed by atoms with Gasteiger partial charge in [0.25, 0.3) is 0 Å². The number of rotatable bonds is 5. The first-order chi connectivity index (χ1) is 24.8. The summed E-state index contributed by atoms with van der Waals surface area (Å²) in [5, 5.41) is 4.37. The van der Waals surface area contributed by atoms with Crippen LogP contribution in [0, 0.1) is 0 Å². The maximum absolute atomic E-state index is 6.13. The van der Waals surface area contributed by atoms with Crippen molar-refractivity contribution in [2.45, 2.75) is 0 Å². The predicted octanol–water partition coefficient (Wildman–Crippen LogP) is 11.5. The summed E-state index contributed by atoms with van der Waals surface area (Å²) in [6, 6.07) is 58.8. The van der Waals surface area contributed by atoms with Crippen molar-refractivity contribution in [2.24, 2.45) is 0 Å². The third-order valence-corrected chi connectivity index (χ3v) is 9.49. The van der Waals surface area contributed by atoms with Crippen LogP contribution in [-0.4, -0.2) is 19.5 Å². The molecule has 3 aromatic heterocycles. The molecule has 0 bridgehead atoms. The highest BCUT2D eigenvalue weighted by Crippen LogP contribution is 2.36. The van der Waals surface area contributed by atoms with E-state index in [1.807, 2.05) is 66.7 Å². The Bertz CT molecular complexity index is 2850. The zero-order valence-corrected chi connectivity index (χ0v) is 26.9. The van der Waals surface area contributed by atoms with Gasteiger partial charge in [-0.3, -0.25) is 4.57 Å². The molecule has 0 amide bonds. The minimum Gasteiger partial charge on any atom is -0.456 e. The molecule has 0 saturated carbocycles. The lowest BCUT2D eigenvalue weighted by atomic mass is 9.99. The van der Waals surface area contributed by atoms with E-state index in [0.29, 0.717) is 17.6 Å². The Hall–Kier alpha value is -6.85. The lowest BCUT2D eigenvalue weighted by molar-refractivity contribution is 0.669. The van der Waals surface area contributed by atoms with E-state index in [0.717, 1.165) is 66.0 Å². The fourth-order valence-electron chi connectivity index (χ4n) is 7.03. The summed E-state index contributed by atoms with van der Waals surface area (Å²) in [4.78, 5) is 15.4. The van der Waals surface area contributed by atoms with E-state index in [9.17, 15) is 0 Å². The average molecular weight is 641 g/mol. The van der Waals surface area contributed by atoms with Crippen LogP contribution >= 0.6 is 0 Å². The summed E-state index contributed by atoms with van der Waals surface area (Å²) in [5.41, 5.74) is 10.2. The zero-order valence-electron chi connectivity index (χ0n) is 26.9. The maximum Gasteiger partial charge on any atom is 0.238 e. The molecule has 0 aliphatic carbocycles. The Labute approximate surface area is 287 Å². The van der Waals surface area contributed by atoms with Gasteiger partial charge in [-0.1, -0.05) is 133 Å². The third kappa shape index (κ3) is 4.67. The predicted molar refractivity (Wildman–Crippen MR) is 203 cm³/mol. The number of para-hydroxylation sites is 2. The molecule has 0 spiro atoms. The third-order valence-electron chi connectivity index (χ3n) is 9.49. The fraction of sp³-hybridized carbons (Fsp3) is 0. The van der Waals surface area contributed by atoms with Gasteiger partial charge in [0.15, 0.2) is 11.6 Å². The molecule has 0 saturated heterocycles. The van der Waals surface area contributed by atoms with Crippen LogP contribution < -0.4 is 0 Å². The summed E-state index contributed by atoms with van der Waals surface area (Å²) in [6.07, 6.45) is 0. The van der Waals surface area contributed by atoms with Crippen LogP contribution in [0.3, 0.4) is 0 Å². The van der Waals surface area contributed by atoms with Crippen molar-refractivity contribution in [1.82, 2.24) is 19.5 Å². The molecule has 7 aromatic carbocycles. The number of hydrogen-bond donors (Lipinski definition) is 0.